The van der Waals surface area contributed by atoms with Crippen LogP contribution in [-0.2, 0) is 0 Å². The van der Waals surface area contributed by atoms with Crippen molar-refractivity contribution in [1.82, 2.24) is 19.9 Å². The van der Waals surface area contributed by atoms with Crippen LogP contribution in [-0.4, -0.2) is 19.9 Å². The molecule has 0 bridgehead atoms. The molecule has 0 aliphatic heterocycles. The Balaban J connectivity index is 1.10. The van der Waals surface area contributed by atoms with Crippen LogP contribution >= 0.6 is 0 Å². The van der Waals surface area contributed by atoms with E-state index < -0.39 is 0 Å². The van der Waals surface area contributed by atoms with E-state index in [2.05, 4.69) is 103 Å². The van der Waals surface area contributed by atoms with Crippen LogP contribution in [0, 0.1) is 0 Å². The van der Waals surface area contributed by atoms with E-state index in [4.69, 9.17) is 28.8 Å². The lowest BCUT2D eigenvalue weighted by Crippen LogP contribution is -2.00. The zero-order valence-corrected chi connectivity index (χ0v) is 29.8. The molecule has 260 valence electrons. The summed E-state index contributed by atoms with van der Waals surface area (Å²) < 4.78 is 12.8. The third-order valence-electron chi connectivity index (χ3n) is 10.9. The largest absolute Gasteiger partial charge is 0.456 e. The number of hydrogen-bond donors (Lipinski definition) is 0. The number of oxazole rings is 1. The fraction of sp³-hybridized carbons (Fsp3) is 0. The molecule has 3 heterocycles. The minimum Gasteiger partial charge on any atom is -0.456 e. The Bertz CT molecular complexity index is 3540. The molecule has 0 saturated carbocycles. The van der Waals surface area contributed by atoms with Gasteiger partial charge in [0.15, 0.2) is 23.1 Å². The van der Waals surface area contributed by atoms with Crippen molar-refractivity contribution in [2.45, 2.75) is 0 Å². The van der Waals surface area contributed by atoms with Crippen molar-refractivity contribution in [2.75, 3.05) is 0 Å². The summed E-state index contributed by atoms with van der Waals surface area (Å²) in [4.78, 5) is 20.4. The first kappa shape index (κ1) is 30.7. The monoisotopic (exact) mass is 716 g/mol. The Morgan fingerprint density at radius 2 is 0.893 bits per heavy atom. The average Bonchev–Trinajstić information content (AvgIpc) is 3.88. The standard InChI is InChI=1S/C50H28N4O2/c1-2-9-33(10-3-1)50-51-41-24-22-32-19-18-31-17-15-30-16-21-36(27-39(30)44(31)45(32)46(41)56-50)48-52-47(35-20-14-29-8-4-5-11-34(29)26-35)53-49(54-48)37-23-25-43-40(28-37)38-12-6-7-13-42(38)55-43/h1-28H. The van der Waals surface area contributed by atoms with Crippen molar-refractivity contribution in [3.8, 4) is 45.6 Å². The number of furan rings is 1. The fourth-order valence-electron chi connectivity index (χ4n) is 8.14. The summed E-state index contributed by atoms with van der Waals surface area (Å²) >= 11 is 0. The number of fused-ring (bicyclic) bond motifs is 11. The first-order valence-electron chi connectivity index (χ1n) is 18.6. The fourth-order valence-corrected chi connectivity index (χ4v) is 8.14. The normalized spacial score (nSPS) is 11.9. The highest BCUT2D eigenvalue weighted by molar-refractivity contribution is 6.26. The molecule has 0 radical (unpaired) electrons. The summed E-state index contributed by atoms with van der Waals surface area (Å²) in [6, 6.07) is 58.3. The van der Waals surface area contributed by atoms with E-state index in [1.807, 2.05) is 66.7 Å². The van der Waals surface area contributed by atoms with Gasteiger partial charge in [-0.1, -0.05) is 115 Å². The van der Waals surface area contributed by atoms with Crippen LogP contribution in [0.15, 0.2) is 179 Å². The van der Waals surface area contributed by atoms with Crippen molar-refractivity contribution >= 4 is 76.1 Å². The second-order valence-corrected chi connectivity index (χ2v) is 14.2. The minimum absolute atomic E-state index is 0.589. The molecule has 0 saturated heterocycles. The molecule has 3 aromatic heterocycles. The molecule has 0 spiro atoms. The third kappa shape index (κ3) is 4.83. The van der Waals surface area contributed by atoms with E-state index in [-0.39, 0.29) is 0 Å². The topological polar surface area (TPSA) is 77.8 Å². The van der Waals surface area contributed by atoms with Gasteiger partial charge >= 0.3 is 0 Å². The molecule has 0 unspecified atom stereocenters. The highest BCUT2D eigenvalue weighted by Gasteiger charge is 2.18. The minimum atomic E-state index is 0.589. The lowest BCUT2D eigenvalue weighted by Gasteiger charge is -2.12. The Hall–Kier alpha value is -7.70. The molecule has 0 atom stereocenters. The second kappa shape index (κ2) is 11.9. The molecule has 9 aromatic carbocycles. The van der Waals surface area contributed by atoms with Crippen molar-refractivity contribution in [3.05, 3.63) is 170 Å². The van der Waals surface area contributed by atoms with Gasteiger partial charge in [-0.25, -0.2) is 19.9 Å². The van der Waals surface area contributed by atoms with E-state index in [0.717, 1.165) is 98.4 Å². The molecule has 0 aliphatic rings. The number of nitrogens with zero attached hydrogens (tertiary/aromatic N) is 4. The van der Waals surface area contributed by atoms with Gasteiger partial charge in [0.25, 0.3) is 0 Å². The Kier molecular flexibility index (Phi) is 6.53. The average molecular weight is 717 g/mol. The highest BCUT2D eigenvalue weighted by Crippen LogP contribution is 2.40. The predicted molar refractivity (Wildman–Crippen MR) is 226 cm³/mol. The van der Waals surface area contributed by atoms with Crippen molar-refractivity contribution in [2.24, 2.45) is 0 Å². The van der Waals surface area contributed by atoms with Gasteiger partial charge in [0, 0.05) is 43.8 Å². The van der Waals surface area contributed by atoms with Crippen LogP contribution in [0.5, 0.6) is 0 Å². The van der Waals surface area contributed by atoms with Gasteiger partial charge in [0.2, 0.25) is 5.89 Å². The SMILES string of the molecule is c1ccc(-c2nc3ccc4ccc5ccc6ccc(-c7nc(-c8ccc9ccccc9c8)nc(-c8ccc9oc%10ccccc%10c9c8)n7)cc6c5c4c3o2)cc1. The Morgan fingerprint density at radius 1 is 0.321 bits per heavy atom. The van der Waals surface area contributed by atoms with E-state index in [1.165, 1.54) is 0 Å². The molecule has 6 heteroatoms. The lowest BCUT2D eigenvalue weighted by molar-refractivity contribution is 0.623. The molecule has 12 rings (SSSR count). The zero-order chi connectivity index (χ0) is 36.7. The van der Waals surface area contributed by atoms with Gasteiger partial charge in [0.05, 0.1) is 0 Å². The maximum Gasteiger partial charge on any atom is 0.227 e. The molecule has 0 N–H and O–H groups in total. The summed E-state index contributed by atoms with van der Waals surface area (Å²) in [5, 5.41) is 10.9. The van der Waals surface area contributed by atoms with Gasteiger partial charge in [-0.15, -0.1) is 0 Å². The number of aromatic nitrogens is 4. The summed E-state index contributed by atoms with van der Waals surface area (Å²) in [7, 11) is 0. The van der Waals surface area contributed by atoms with Gasteiger partial charge in [-0.05, 0) is 86.9 Å². The number of benzene rings is 9. The second-order valence-electron chi connectivity index (χ2n) is 14.2. The van der Waals surface area contributed by atoms with Crippen LogP contribution in [0.2, 0.25) is 0 Å². The molecule has 0 fully saturated rings. The summed E-state index contributed by atoms with van der Waals surface area (Å²) in [6.45, 7) is 0. The van der Waals surface area contributed by atoms with Crippen LogP contribution in [0.4, 0.5) is 0 Å². The number of rotatable bonds is 4. The molecule has 56 heavy (non-hydrogen) atoms. The highest BCUT2D eigenvalue weighted by atomic mass is 16.3. The summed E-state index contributed by atoms with van der Waals surface area (Å²) in [6.07, 6.45) is 0. The molecule has 6 nitrogen and oxygen atoms in total. The molecule has 0 amide bonds. The van der Waals surface area contributed by atoms with Crippen molar-refractivity contribution < 1.29 is 8.83 Å². The lowest BCUT2D eigenvalue weighted by atomic mass is 9.94. The van der Waals surface area contributed by atoms with E-state index in [1.54, 1.807) is 0 Å². The van der Waals surface area contributed by atoms with Gasteiger partial charge in [-0.2, -0.15) is 0 Å². The quantitative estimate of drug-likeness (QED) is 0.169. The number of para-hydroxylation sites is 1. The van der Waals surface area contributed by atoms with Crippen LogP contribution in [0.1, 0.15) is 0 Å². The van der Waals surface area contributed by atoms with Crippen LogP contribution in [0.3, 0.4) is 0 Å². The van der Waals surface area contributed by atoms with Gasteiger partial charge in [0.1, 0.15) is 16.7 Å². The first-order valence-corrected chi connectivity index (χ1v) is 18.6. The summed E-state index contributed by atoms with van der Waals surface area (Å²) in [5.41, 5.74) is 6.90. The number of hydrogen-bond acceptors (Lipinski definition) is 6. The first-order chi connectivity index (χ1) is 27.7. The van der Waals surface area contributed by atoms with Gasteiger partial charge in [-0.3, -0.25) is 0 Å². The van der Waals surface area contributed by atoms with E-state index in [9.17, 15) is 0 Å². The third-order valence-corrected chi connectivity index (χ3v) is 10.9. The molecule has 0 aliphatic carbocycles. The maximum absolute atomic E-state index is 6.60. The van der Waals surface area contributed by atoms with E-state index in [0.29, 0.717) is 23.4 Å². The molecular formula is C50H28N4O2. The zero-order valence-electron chi connectivity index (χ0n) is 29.8. The maximum atomic E-state index is 6.60. The van der Waals surface area contributed by atoms with E-state index >= 15 is 0 Å². The van der Waals surface area contributed by atoms with Crippen LogP contribution in [0.25, 0.3) is 122 Å². The van der Waals surface area contributed by atoms with Crippen molar-refractivity contribution in [1.29, 1.82) is 0 Å². The van der Waals surface area contributed by atoms with Crippen molar-refractivity contribution in [3.63, 3.8) is 0 Å². The molecular weight excluding hydrogens is 689 g/mol. The van der Waals surface area contributed by atoms with Gasteiger partial charge < -0.3 is 8.83 Å². The predicted octanol–water partition coefficient (Wildman–Crippen LogP) is 13.2. The molecule has 12 aromatic rings. The summed E-state index contributed by atoms with van der Waals surface area (Å²) in [5.74, 6) is 2.39. The van der Waals surface area contributed by atoms with Crippen LogP contribution < -0.4 is 0 Å². The Labute approximate surface area is 319 Å². The Morgan fingerprint density at radius 3 is 1.70 bits per heavy atom. The smallest absolute Gasteiger partial charge is 0.227 e.